The summed E-state index contributed by atoms with van der Waals surface area (Å²) in [5.74, 6) is -0.223. The Bertz CT molecular complexity index is 160. The second-order valence-corrected chi connectivity index (χ2v) is 3.38. The van der Waals surface area contributed by atoms with Crippen molar-refractivity contribution in [1.82, 2.24) is 5.32 Å². The highest BCUT2D eigenvalue weighted by Crippen LogP contribution is 1.98. The van der Waals surface area contributed by atoms with Gasteiger partial charge in [-0.2, -0.15) is 0 Å². The molecule has 5 heteroatoms. The van der Waals surface area contributed by atoms with Gasteiger partial charge in [-0.15, -0.1) is 0 Å². The van der Waals surface area contributed by atoms with Crippen LogP contribution in [0.3, 0.4) is 0 Å². The third-order valence-electron chi connectivity index (χ3n) is 1.91. The molecule has 0 heterocycles. The average molecular weight is 204 g/mol. The van der Waals surface area contributed by atoms with Gasteiger partial charge in [0.05, 0.1) is 19.3 Å². The molecule has 0 saturated carbocycles. The molecule has 0 aromatic carbocycles. The topological polar surface area (TPSA) is 95.6 Å². The van der Waals surface area contributed by atoms with Gasteiger partial charge in [0.2, 0.25) is 5.91 Å². The van der Waals surface area contributed by atoms with Gasteiger partial charge in [-0.25, -0.2) is 0 Å². The van der Waals surface area contributed by atoms with Crippen molar-refractivity contribution in [2.45, 2.75) is 38.3 Å². The van der Waals surface area contributed by atoms with E-state index in [9.17, 15) is 4.79 Å². The van der Waals surface area contributed by atoms with Crippen LogP contribution in [0.5, 0.6) is 0 Å². The molecule has 0 saturated heterocycles. The van der Waals surface area contributed by atoms with Crippen LogP contribution in [0.25, 0.3) is 0 Å². The van der Waals surface area contributed by atoms with Crippen molar-refractivity contribution >= 4 is 5.91 Å². The SMILES string of the molecule is CCCC(N)CC(=O)NC(CO)CO. The monoisotopic (exact) mass is 204 g/mol. The van der Waals surface area contributed by atoms with E-state index >= 15 is 0 Å². The number of hydrogen-bond donors (Lipinski definition) is 4. The normalized spacial score (nSPS) is 12.9. The van der Waals surface area contributed by atoms with Gasteiger partial charge < -0.3 is 21.3 Å². The van der Waals surface area contributed by atoms with Crippen molar-refractivity contribution in [3.63, 3.8) is 0 Å². The van der Waals surface area contributed by atoms with Crippen LogP contribution in [0.1, 0.15) is 26.2 Å². The second-order valence-electron chi connectivity index (χ2n) is 3.38. The molecule has 1 amide bonds. The Morgan fingerprint density at radius 2 is 2.00 bits per heavy atom. The lowest BCUT2D eigenvalue weighted by atomic mass is 10.1. The molecule has 84 valence electrons. The van der Waals surface area contributed by atoms with Crippen molar-refractivity contribution in [3.8, 4) is 0 Å². The van der Waals surface area contributed by atoms with Crippen LogP contribution in [0.15, 0.2) is 0 Å². The molecule has 14 heavy (non-hydrogen) atoms. The number of carbonyl (C=O) groups excluding carboxylic acids is 1. The number of aliphatic hydroxyl groups excluding tert-OH is 2. The third-order valence-corrected chi connectivity index (χ3v) is 1.91. The van der Waals surface area contributed by atoms with E-state index in [0.717, 1.165) is 12.8 Å². The van der Waals surface area contributed by atoms with Gasteiger partial charge in [0, 0.05) is 12.5 Å². The smallest absolute Gasteiger partial charge is 0.221 e. The van der Waals surface area contributed by atoms with Crippen molar-refractivity contribution < 1.29 is 15.0 Å². The van der Waals surface area contributed by atoms with E-state index in [1.54, 1.807) is 0 Å². The van der Waals surface area contributed by atoms with E-state index < -0.39 is 6.04 Å². The van der Waals surface area contributed by atoms with Crippen molar-refractivity contribution in [1.29, 1.82) is 0 Å². The maximum atomic E-state index is 11.2. The first kappa shape index (κ1) is 13.4. The van der Waals surface area contributed by atoms with E-state index in [0.29, 0.717) is 0 Å². The van der Waals surface area contributed by atoms with Crippen LogP contribution in [-0.2, 0) is 4.79 Å². The Morgan fingerprint density at radius 3 is 2.43 bits per heavy atom. The quantitative estimate of drug-likeness (QED) is 0.426. The number of nitrogens with two attached hydrogens (primary N) is 1. The Kier molecular flexibility index (Phi) is 7.37. The molecule has 5 nitrogen and oxygen atoms in total. The first-order valence-electron chi connectivity index (χ1n) is 4.90. The van der Waals surface area contributed by atoms with Gasteiger partial charge in [0.1, 0.15) is 0 Å². The van der Waals surface area contributed by atoms with Crippen LogP contribution in [-0.4, -0.2) is 41.4 Å². The fourth-order valence-corrected chi connectivity index (χ4v) is 1.15. The first-order valence-corrected chi connectivity index (χ1v) is 4.90. The predicted molar refractivity (Wildman–Crippen MR) is 53.6 cm³/mol. The fraction of sp³-hybridized carbons (Fsp3) is 0.889. The highest BCUT2D eigenvalue weighted by atomic mass is 16.3. The third kappa shape index (κ3) is 5.90. The Morgan fingerprint density at radius 1 is 1.43 bits per heavy atom. The summed E-state index contributed by atoms with van der Waals surface area (Å²) in [5, 5.41) is 19.9. The standard InChI is InChI=1S/C9H20N2O3/c1-2-3-7(10)4-9(14)11-8(5-12)6-13/h7-8,12-13H,2-6,10H2,1H3,(H,11,14). The molecule has 0 radical (unpaired) electrons. The Labute approximate surface area is 84.3 Å². The zero-order valence-electron chi connectivity index (χ0n) is 8.57. The molecule has 0 bridgehead atoms. The van der Waals surface area contributed by atoms with Crippen molar-refractivity contribution in [2.24, 2.45) is 5.73 Å². The van der Waals surface area contributed by atoms with Crippen LogP contribution in [0, 0.1) is 0 Å². The summed E-state index contributed by atoms with van der Waals surface area (Å²) in [7, 11) is 0. The molecule has 0 aliphatic carbocycles. The molecule has 1 atom stereocenters. The maximum absolute atomic E-state index is 11.2. The minimum Gasteiger partial charge on any atom is -0.394 e. The Balaban J connectivity index is 3.73. The van der Waals surface area contributed by atoms with Crippen LogP contribution < -0.4 is 11.1 Å². The minimum atomic E-state index is -0.573. The highest BCUT2D eigenvalue weighted by molar-refractivity contribution is 5.76. The number of amides is 1. The second kappa shape index (κ2) is 7.73. The Hall–Kier alpha value is -0.650. The average Bonchev–Trinajstić information content (AvgIpc) is 2.14. The van der Waals surface area contributed by atoms with Gasteiger partial charge in [0.25, 0.3) is 0 Å². The zero-order chi connectivity index (χ0) is 11.0. The minimum absolute atomic E-state index is 0.141. The first-order chi connectivity index (χ1) is 6.63. The molecule has 0 aromatic rings. The summed E-state index contributed by atoms with van der Waals surface area (Å²) in [6.45, 7) is 1.48. The maximum Gasteiger partial charge on any atom is 0.221 e. The molecular weight excluding hydrogens is 184 g/mol. The largest absolute Gasteiger partial charge is 0.394 e. The van der Waals surface area contributed by atoms with E-state index in [4.69, 9.17) is 15.9 Å². The number of aliphatic hydroxyl groups is 2. The lowest BCUT2D eigenvalue weighted by molar-refractivity contribution is -0.122. The van der Waals surface area contributed by atoms with Crippen LogP contribution >= 0.6 is 0 Å². The van der Waals surface area contributed by atoms with Gasteiger partial charge in [-0.05, 0) is 6.42 Å². The molecule has 5 N–H and O–H groups in total. The van der Waals surface area contributed by atoms with Crippen molar-refractivity contribution in [3.05, 3.63) is 0 Å². The predicted octanol–water partition coefficient (Wildman–Crippen LogP) is -1.03. The molecule has 0 spiro atoms. The molecule has 0 aliphatic heterocycles. The molecule has 0 rings (SSSR count). The number of hydrogen-bond acceptors (Lipinski definition) is 4. The molecular formula is C9H20N2O3. The van der Waals surface area contributed by atoms with Gasteiger partial charge in [0.15, 0.2) is 0 Å². The summed E-state index contributed by atoms with van der Waals surface area (Å²) in [6.07, 6.45) is 1.98. The molecule has 0 aliphatic rings. The van der Waals surface area contributed by atoms with Crippen LogP contribution in [0.2, 0.25) is 0 Å². The number of carbonyl (C=O) groups is 1. The van der Waals surface area contributed by atoms with Gasteiger partial charge in [-0.3, -0.25) is 4.79 Å². The molecule has 0 aromatic heterocycles. The number of nitrogens with one attached hydrogen (secondary N) is 1. The van der Waals surface area contributed by atoms with Crippen LogP contribution in [0.4, 0.5) is 0 Å². The highest BCUT2D eigenvalue weighted by Gasteiger charge is 2.12. The van der Waals surface area contributed by atoms with Gasteiger partial charge >= 0.3 is 0 Å². The van der Waals surface area contributed by atoms with E-state index in [2.05, 4.69) is 5.32 Å². The lowest BCUT2D eigenvalue weighted by Gasteiger charge is -2.15. The summed E-state index contributed by atoms with van der Waals surface area (Å²) in [5.41, 5.74) is 5.66. The summed E-state index contributed by atoms with van der Waals surface area (Å²) in [6, 6.07) is -0.714. The molecule has 1 unspecified atom stereocenters. The zero-order valence-corrected chi connectivity index (χ0v) is 8.57. The number of rotatable bonds is 7. The summed E-state index contributed by atoms with van der Waals surface area (Å²) in [4.78, 5) is 11.2. The van der Waals surface area contributed by atoms with E-state index in [1.807, 2.05) is 6.92 Å². The lowest BCUT2D eigenvalue weighted by Crippen LogP contribution is -2.42. The fourth-order valence-electron chi connectivity index (χ4n) is 1.15. The summed E-state index contributed by atoms with van der Waals surface area (Å²) >= 11 is 0. The van der Waals surface area contributed by atoms with Crippen molar-refractivity contribution in [2.75, 3.05) is 13.2 Å². The van der Waals surface area contributed by atoms with Gasteiger partial charge in [-0.1, -0.05) is 13.3 Å². The van der Waals surface area contributed by atoms with E-state index in [-0.39, 0.29) is 31.6 Å². The van der Waals surface area contributed by atoms with E-state index in [1.165, 1.54) is 0 Å². The molecule has 0 fully saturated rings. The summed E-state index contributed by atoms with van der Waals surface area (Å²) < 4.78 is 0.